The third-order valence-corrected chi connectivity index (χ3v) is 3.17. The molecule has 0 aliphatic carbocycles. The summed E-state index contributed by atoms with van der Waals surface area (Å²) in [6, 6.07) is 9.93. The first-order chi connectivity index (χ1) is 8.88. The van der Waals surface area contributed by atoms with Crippen LogP contribution in [0.3, 0.4) is 0 Å². The lowest BCUT2D eigenvalue weighted by atomic mass is 10.2. The lowest BCUT2D eigenvalue weighted by Gasteiger charge is -2.15. The van der Waals surface area contributed by atoms with Crippen LogP contribution < -0.4 is 10.1 Å². The van der Waals surface area contributed by atoms with Crippen molar-refractivity contribution >= 4 is 0 Å². The highest BCUT2D eigenvalue weighted by atomic mass is 16.5. The molecular weight excluding hydrogens is 226 g/mol. The minimum Gasteiger partial charge on any atom is -0.491 e. The summed E-state index contributed by atoms with van der Waals surface area (Å²) in [5, 5.41) is 3.41. The largest absolute Gasteiger partial charge is 0.491 e. The second kappa shape index (κ2) is 7.39. The van der Waals surface area contributed by atoms with E-state index in [1.807, 2.05) is 30.3 Å². The third-order valence-electron chi connectivity index (χ3n) is 3.17. The molecule has 0 saturated carbocycles. The Morgan fingerprint density at radius 1 is 1.22 bits per heavy atom. The number of hydrogen-bond acceptors (Lipinski definition) is 3. The summed E-state index contributed by atoms with van der Waals surface area (Å²) in [7, 11) is 0. The van der Waals surface area contributed by atoms with Crippen LogP contribution in [0.1, 0.15) is 26.2 Å². The Labute approximate surface area is 109 Å². The van der Waals surface area contributed by atoms with E-state index in [0.29, 0.717) is 12.7 Å². The fourth-order valence-corrected chi connectivity index (χ4v) is 2.20. The second-order valence-corrected chi connectivity index (χ2v) is 4.79. The van der Waals surface area contributed by atoms with E-state index in [2.05, 4.69) is 12.2 Å². The summed E-state index contributed by atoms with van der Waals surface area (Å²) in [5.41, 5.74) is 0. The molecule has 1 aromatic rings. The summed E-state index contributed by atoms with van der Waals surface area (Å²) in [6.45, 7) is 4.88. The van der Waals surface area contributed by atoms with Crippen molar-refractivity contribution < 1.29 is 9.47 Å². The predicted molar refractivity (Wildman–Crippen MR) is 73.0 cm³/mol. The Morgan fingerprint density at radius 2 is 2.00 bits per heavy atom. The van der Waals surface area contributed by atoms with Gasteiger partial charge in [-0.15, -0.1) is 0 Å². The molecule has 100 valence electrons. The number of ether oxygens (including phenoxy) is 2. The maximum atomic E-state index is 5.94. The topological polar surface area (TPSA) is 30.5 Å². The van der Waals surface area contributed by atoms with Crippen LogP contribution in [-0.2, 0) is 4.74 Å². The van der Waals surface area contributed by atoms with E-state index in [1.165, 1.54) is 6.42 Å². The van der Waals surface area contributed by atoms with Crippen LogP contribution in [0, 0.1) is 0 Å². The summed E-state index contributed by atoms with van der Waals surface area (Å²) in [4.78, 5) is 0. The van der Waals surface area contributed by atoms with Crippen molar-refractivity contribution in [3.63, 3.8) is 0 Å². The smallest absolute Gasteiger partial charge is 0.119 e. The van der Waals surface area contributed by atoms with E-state index in [9.17, 15) is 0 Å². The maximum absolute atomic E-state index is 5.94. The van der Waals surface area contributed by atoms with Crippen LogP contribution in [0.15, 0.2) is 30.3 Å². The van der Waals surface area contributed by atoms with Crippen LogP contribution in [0.4, 0.5) is 0 Å². The highest BCUT2D eigenvalue weighted by Gasteiger charge is 2.25. The molecule has 1 aliphatic rings. The average Bonchev–Trinajstić information content (AvgIpc) is 2.86. The minimum absolute atomic E-state index is 0.249. The summed E-state index contributed by atoms with van der Waals surface area (Å²) < 4.78 is 11.7. The van der Waals surface area contributed by atoms with Gasteiger partial charge in [-0.3, -0.25) is 0 Å². The Kier molecular flexibility index (Phi) is 5.49. The van der Waals surface area contributed by atoms with Gasteiger partial charge in [0.2, 0.25) is 0 Å². The number of nitrogens with one attached hydrogen (secondary N) is 1. The molecule has 0 amide bonds. The predicted octanol–water partition coefficient (Wildman–Crippen LogP) is 2.61. The first-order valence-electron chi connectivity index (χ1n) is 6.92. The molecule has 0 radical (unpaired) electrons. The van der Waals surface area contributed by atoms with E-state index < -0.39 is 0 Å². The summed E-state index contributed by atoms with van der Waals surface area (Å²) >= 11 is 0. The van der Waals surface area contributed by atoms with Gasteiger partial charge in [-0.2, -0.15) is 0 Å². The van der Waals surface area contributed by atoms with Crippen molar-refractivity contribution in [2.45, 2.75) is 38.4 Å². The molecule has 1 aliphatic heterocycles. The molecule has 2 unspecified atom stereocenters. The molecule has 0 bridgehead atoms. The first-order valence-corrected chi connectivity index (χ1v) is 6.92. The molecule has 0 aromatic heterocycles. The van der Waals surface area contributed by atoms with Crippen molar-refractivity contribution in [1.82, 2.24) is 5.32 Å². The molecule has 1 N–H and O–H groups in total. The van der Waals surface area contributed by atoms with Gasteiger partial charge >= 0.3 is 0 Å². The normalized spacial score (nSPS) is 23.2. The van der Waals surface area contributed by atoms with E-state index >= 15 is 0 Å². The van der Waals surface area contributed by atoms with Gasteiger partial charge in [0.1, 0.15) is 12.4 Å². The molecule has 2 rings (SSSR count). The quantitative estimate of drug-likeness (QED) is 0.754. The van der Waals surface area contributed by atoms with Gasteiger partial charge < -0.3 is 14.8 Å². The summed E-state index contributed by atoms with van der Waals surface area (Å²) in [6.07, 6.45) is 4.03. The molecule has 3 heteroatoms. The molecule has 3 nitrogen and oxygen atoms in total. The van der Waals surface area contributed by atoms with E-state index in [4.69, 9.17) is 9.47 Å². The molecule has 1 aromatic carbocycles. The van der Waals surface area contributed by atoms with Gasteiger partial charge in [-0.1, -0.05) is 25.1 Å². The first kappa shape index (κ1) is 13.4. The van der Waals surface area contributed by atoms with E-state index in [-0.39, 0.29) is 6.10 Å². The minimum atomic E-state index is 0.249. The Morgan fingerprint density at radius 3 is 2.78 bits per heavy atom. The fraction of sp³-hybridized carbons (Fsp3) is 0.600. The van der Waals surface area contributed by atoms with Gasteiger partial charge in [0, 0.05) is 6.54 Å². The molecule has 18 heavy (non-hydrogen) atoms. The maximum Gasteiger partial charge on any atom is 0.119 e. The van der Waals surface area contributed by atoms with Gasteiger partial charge in [0.15, 0.2) is 0 Å². The number of rotatable bonds is 7. The average molecular weight is 249 g/mol. The number of para-hydroxylation sites is 1. The van der Waals surface area contributed by atoms with Gasteiger partial charge in [-0.05, 0) is 37.9 Å². The number of benzene rings is 1. The van der Waals surface area contributed by atoms with E-state index in [0.717, 1.165) is 31.7 Å². The highest BCUT2D eigenvalue weighted by Crippen LogP contribution is 2.20. The Bertz CT molecular complexity index is 329. The summed E-state index contributed by atoms with van der Waals surface area (Å²) in [5.74, 6) is 0.925. The second-order valence-electron chi connectivity index (χ2n) is 4.79. The van der Waals surface area contributed by atoms with Crippen molar-refractivity contribution in [2.75, 3.05) is 19.7 Å². The lowest BCUT2D eigenvalue weighted by Crippen LogP contribution is -2.28. The van der Waals surface area contributed by atoms with Crippen LogP contribution in [0.25, 0.3) is 0 Å². The molecule has 1 saturated heterocycles. The van der Waals surface area contributed by atoms with Crippen LogP contribution in [-0.4, -0.2) is 31.9 Å². The zero-order valence-electron chi connectivity index (χ0n) is 11.1. The highest BCUT2D eigenvalue weighted by molar-refractivity contribution is 5.20. The van der Waals surface area contributed by atoms with Crippen molar-refractivity contribution in [1.29, 1.82) is 0 Å². The third kappa shape index (κ3) is 4.31. The van der Waals surface area contributed by atoms with Crippen molar-refractivity contribution in [3.8, 4) is 5.75 Å². The monoisotopic (exact) mass is 249 g/mol. The van der Waals surface area contributed by atoms with Crippen LogP contribution in [0.2, 0.25) is 0 Å². The molecule has 2 atom stereocenters. The standard InChI is InChI=1S/C15H23NO2/c1-2-10-16-11-14-8-9-15(18-14)12-17-13-6-4-3-5-7-13/h3-7,14-16H,2,8-12H2,1H3. The lowest BCUT2D eigenvalue weighted by molar-refractivity contribution is 0.0187. The van der Waals surface area contributed by atoms with Gasteiger partial charge in [0.25, 0.3) is 0 Å². The van der Waals surface area contributed by atoms with Gasteiger partial charge in [0.05, 0.1) is 12.2 Å². The Balaban J connectivity index is 1.64. The molecular formula is C15H23NO2. The number of hydrogen-bond donors (Lipinski definition) is 1. The zero-order chi connectivity index (χ0) is 12.6. The van der Waals surface area contributed by atoms with Gasteiger partial charge in [-0.25, -0.2) is 0 Å². The Hall–Kier alpha value is -1.06. The van der Waals surface area contributed by atoms with Crippen LogP contribution in [0.5, 0.6) is 5.75 Å². The molecule has 0 spiro atoms. The zero-order valence-corrected chi connectivity index (χ0v) is 11.1. The van der Waals surface area contributed by atoms with Crippen molar-refractivity contribution in [2.24, 2.45) is 0 Å². The molecule has 1 fully saturated rings. The fourth-order valence-electron chi connectivity index (χ4n) is 2.20. The SMILES string of the molecule is CCCNCC1CCC(COc2ccccc2)O1. The van der Waals surface area contributed by atoms with E-state index in [1.54, 1.807) is 0 Å². The molecule has 1 heterocycles. The van der Waals surface area contributed by atoms with Crippen LogP contribution >= 0.6 is 0 Å². The van der Waals surface area contributed by atoms with Crippen molar-refractivity contribution in [3.05, 3.63) is 30.3 Å².